The normalized spacial score (nSPS) is 16.9. The lowest BCUT2D eigenvalue weighted by Gasteiger charge is -2.38. The molecule has 3 aliphatic rings. The van der Waals surface area contributed by atoms with Crippen LogP contribution in [0.3, 0.4) is 0 Å². The number of hydrogen-bond acceptors (Lipinski definition) is 8. The first-order valence-corrected chi connectivity index (χ1v) is 18.7. The van der Waals surface area contributed by atoms with Crippen LogP contribution in [-0.4, -0.2) is 85.2 Å². The van der Waals surface area contributed by atoms with Crippen molar-refractivity contribution in [1.29, 1.82) is 0 Å². The van der Waals surface area contributed by atoms with Crippen molar-refractivity contribution < 1.29 is 19.4 Å². The maximum absolute atomic E-state index is 14.1. The second-order valence-corrected chi connectivity index (χ2v) is 14.2. The van der Waals surface area contributed by atoms with E-state index in [1.807, 2.05) is 59.1 Å². The molecule has 3 N–H and O–H groups in total. The third-order valence-electron chi connectivity index (χ3n) is 10.3. The zero-order valence-corrected chi connectivity index (χ0v) is 29.8. The van der Waals surface area contributed by atoms with Crippen molar-refractivity contribution in [2.45, 2.75) is 115 Å². The van der Waals surface area contributed by atoms with E-state index in [0.717, 1.165) is 86.2 Å². The van der Waals surface area contributed by atoms with Gasteiger partial charge in [-0.25, -0.2) is 4.99 Å². The van der Waals surface area contributed by atoms with Gasteiger partial charge in [-0.1, -0.05) is 50.7 Å². The lowest BCUT2D eigenvalue weighted by molar-refractivity contribution is -0.134. The van der Waals surface area contributed by atoms with Crippen LogP contribution in [0.25, 0.3) is 0 Å². The highest BCUT2D eigenvalue weighted by Gasteiger charge is 2.31. The number of nitrogens with zero attached hydrogens (tertiary/aromatic N) is 5. The van der Waals surface area contributed by atoms with Gasteiger partial charge in [0.2, 0.25) is 11.8 Å². The number of hydrogen-bond donors (Lipinski definition) is 2. The first kappa shape index (κ1) is 36.5. The minimum absolute atomic E-state index is 0.0314. The average molecular weight is 675 g/mol. The van der Waals surface area contributed by atoms with Crippen LogP contribution in [0.5, 0.6) is 5.75 Å². The second-order valence-electron chi connectivity index (χ2n) is 14.2. The van der Waals surface area contributed by atoms with E-state index in [-0.39, 0.29) is 31.0 Å². The number of para-hydroxylation sites is 2. The number of ether oxygens (including phenoxy) is 1. The molecule has 2 aromatic rings. The highest BCUT2D eigenvalue weighted by Crippen LogP contribution is 2.35. The van der Waals surface area contributed by atoms with Gasteiger partial charge in [-0.2, -0.15) is 0 Å². The van der Waals surface area contributed by atoms with Gasteiger partial charge in [0.25, 0.3) is 0 Å². The maximum atomic E-state index is 14.1. The van der Waals surface area contributed by atoms with E-state index in [9.17, 15) is 14.7 Å². The Balaban J connectivity index is 1.14. The first-order chi connectivity index (χ1) is 23.9. The van der Waals surface area contributed by atoms with E-state index in [1.54, 1.807) is 0 Å². The monoisotopic (exact) mass is 674 g/mol. The molecular formula is C39H58N6O4. The van der Waals surface area contributed by atoms with Crippen LogP contribution in [0.2, 0.25) is 0 Å². The summed E-state index contributed by atoms with van der Waals surface area (Å²) >= 11 is 0. The summed E-state index contributed by atoms with van der Waals surface area (Å²) in [5, 5.41) is 9.33. The molecule has 2 aliphatic carbocycles. The van der Waals surface area contributed by atoms with Crippen molar-refractivity contribution in [2.24, 2.45) is 10.7 Å². The van der Waals surface area contributed by atoms with E-state index in [4.69, 9.17) is 10.5 Å². The minimum Gasteiger partial charge on any atom is -0.494 e. The molecule has 5 rings (SSSR count). The van der Waals surface area contributed by atoms with Crippen molar-refractivity contribution in [2.75, 3.05) is 50.2 Å². The number of unbranched alkanes of at least 4 members (excludes halogenated alkanes) is 2. The third kappa shape index (κ3) is 9.90. The molecule has 2 amide bonds. The van der Waals surface area contributed by atoms with Crippen molar-refractivity contribution in [1.82, 2.24) is 9.80 Å². The number of rotatable bonds is 16. The molecular weight excluding hydrogens is 616 g/mol. The predicted octanol–water partition coefficient (Wildman–Crippen LogP) is 6.36. The third-order valence-corrected chi connectivity index (χ3v) is 10.3. The number of carbonyl (C=O) groups is 2. The topological polar surface area (TPSA) is 115 Å². The fourth-order valence-electron chi connectivity index (χ4n) is 7.70. The molecule has 0 radical (unpaired) electrons. The summed E-state index contributed by atoms with van der Waals surface area (Å²) in [4.78, 5) is 39.8. The van der Waals surface area contributed by atoms with E-state index in [2.05, 4.69) is 22.0 Å². The number of amides is 2. The Bertz CT molecular complexity index is 1400. The summed E-state index contributed by atoms with van der Waals surface area (Å²) in [7, 11) is 4.03. The molecule has 0 aromatic heterocycles. The predicted molar refractivity (Wildman–Crippen MR) is 198 cm³/mol. The summed E-state index contributed by atoms with van der Waals surface area (Å²) in [6, 6.07) is 14.5. The van der Waals surface area contributed by atoms with Crippen molar-refractivity contribution in [3.8, 4) is 5.75 Å². The van der Waals surface area contributed by atoms with Gasteiger partial charge < -0.3 is 35.2 Å². The minimum atomic E-state index is 0.0314. The number of fused-ring (bicyclic) bond motifs is 1. The summed E-state index contributed by atoms with van der Waals surface area (Å²) in [6.45, 7) is 1.98. The standard InChI is InChI=1S/C39H58N6O4/c1-42(2)35-19-11-12-20-36(35)45(32-17-8-4-9-18-32)38(48)29-43-28-30-27-33(22-23-34(30)41-39(43)40)49-26-13-5-10-21-37(47)44(24-14-25-46)31-15-6-3-7-16-31/h11-12,19-20,22-23,27,31-32,46H,3-10,13-18,21,24-26,28-29H2,1-2H3,(H2,40,41). The molecule has 0 atom stereocenters. The first-order valence-electron chi connectivity index (χ1n) is 18.7. The highest BCUT2D eigenvalue weighted by molar-refractivity contribution is 6.00. The molecule has 49 heavy (non-hydrogen) atoms. The summed E-state index contributed by atoms with van der Waals surface area (Å²) < 4.78 is 6.13. The molecule has 0 bridgehead atoms. The van der Waals surface area contributed by atoms with Crippen molar-refractivity contribution >= 4 is 34.8 Å². The SMILES string of the molecule is CN(C)c1ccccc1N(C(=O)CN1Cc2cc(OCCCCCC(=O)N(CCCO)C3CCCCC3)ccc2N=C1N)C1CCCCC1. The number of benzene rings is 2. The van der Waals surface area contributed by atoms with Gasteiger partial charge in [0.1, 0.15) is 12.3 Å². The quantitative estimate of drug-likeness (QED) is 0.199. The number of aliphatic hydroxyl groups excluding tert-OH is 1. The number of guanidine groups is 1. The fourth-order valence-corrected chi connectivity index (χ4v) is 7.70. The molecule has 10 nitrogen and oxygen atoms in total. The Hall–Kier alpha value is -3.79. The Kier molecular flexibility index (Phi) is 13.6. The highest BCUT2D eigenvalue weighted by atomic mass is 16.5. The number of carbonyl (C=O) groups excluding carboxylic acids is 2. The van der Waals surface area contributed by atoms with Crippen LogP contribution in [0, 0.1) is 0 Å². The smallest absolute Gasteiger partial charge is 0.246 e. The summed E-state index contributed by atoms with van der Waals surface area (Å²) in [6.07, 6.45) is 15.1. The molecule has 0 unspecified atom stereocenters. The zero-order valence-electron chi connectivity index (χ0n) is 29.8. The van der Waals surface area contributed by atoms with Gasteiger partial charge in [-0.3, -0.25) is 9.59 Å². The number of anilines is 2. The Morgan fingerprint density at radius 1 is 0.878 bits per heavy atom. The van der Waals surface area contributed by atoms with Gasteiger partial charge in [0.15, 0.2) is 5.96 Å². The van der Waals surface area contributed by atoms with Gasteiger partial charge in [0, 0.05) is 57.9 Å². The van der Waals surface area contributed by atoms with Crippen LogP contribution in [0.15, 0.2) is 47.5 Å². The number of aliphatic imine (C=N–C) groups is 1. The van der Waals surface area contributed by atoms with Crippen molar-refractivity contribution in [3.05, 3.63) is 48.0 Å². The van der Waals surface area contributed by atoms with Gasteiger partial charge in [-0.05, 0) is 81.7 Å². The van der Waals surface area contributed by atoms with Gasteiger partial charge in [-0.15, -0.1) is 0 Å². The second kappa shape index (κ2) is 18.3. The van der Waals surface area contributed by atoms with E-state index in [0.29, 0.717) is 44.5 Å². The Labute approximate surface area is 293 Å². The fraction of sp³-hybridized carbons (Fsp3) is 0.615. The maximum Gasteiger partial charge on any atom is 0.246 e. The molecule has 1 aliphatic heterocycles. The number of nitrogens with two attached hydrogens (primary N) is 1. The molecule has 2 aromatic carbocycles. The molecule has 0 saturated heterocycles. The van der Waals surface area contributed by atoms with Gasteiger partial charge in [0.05, 0.1) is 23.7 Å². The largest absolute Gasteiger partial charge is 0.494 e. The molecule has 0 spiro atoms. The van der Waals surface area contributed by atoms with Crippen LogP contribution in [0.4, 0.5) is 17.1 Å². The van der Waals surface area contributed by atoms with Crippen molar-refractivity contribution in [3.63, 3.8) is 0 Å². The molecule has 2 fully saturated rings. The molecule has 10 heteroatoms. The lowest BCUT2D eigenvalue weighted by Crippen LogP contribution is -2.50. The van der Waals surface area contributed by atoms with Crippen LogP contribution in [0.1, 0.15) is 102 Å². The molecule has 1 heterocycles. The van der Waals surface area contributed by atoms with E-state index >= 15 is 0 Å². The van der Waals surface area contributed by atoms with Gasteiger partial charge >= 0.3 is 0 Å². The molecule has 268 valence electrons. The van der Waals surface area contributed by atoms with E-state index < -0.39 is 0 Å². The summed E-state index contributed by atoms with van der Waals surface area (Å²) in [5.41, 5.74) is 10.2. The number of aliphatic hydroxyl groups is 1. The molecule has 2 saturated carbocycles. The van der Waals surface area contributed by atoms with Crippen LogP contribution in [-0.2, 0) is 16.1 Å². The van der Waals surface area contributed by atoms with Crippen LogP contribution >= 0.6 is 0 Å². The Morgan fingerprint density at radius 3 is 2.27 bits per heavy atom. The van der Waals surface area contributed by atoms with E-state index in [1.165, 1.54) is 25.7 Å². The van der Waals surface area contributed by atoms with Crippen LogP contribution < -0.4 is 20.3 Å². The average Bonchev–Trinajstić information content (AvgIpc) is 3.11. The zero-order chi connectivity index (χ0) is 34.6. The summed E-state index contributed by atoms with van der Waals surface area (Å²) in [5.74, 6) is 1.38. The Morgan fingerprint density at radius 2 is 1.57 bits per heavy atom. The lowest BCUT2D eigenvalue weighted by atomic mass is 9.93.